The average molecular weight is 333 g/mol. The van der Waals surface area contributed by atoms with Gasteiger partial charge in [0.2, 0.25) is 10.0 Å². The Labute approximate surface area is 130 Å². The monoisotopic (exact) mass is 332 g/mol. The molecule has 1 aliphatic rings. The van der Waals surface area contributed by atoms with E-state index < -0.39 is 10.0 Å². The van der Waals surface area contributed by atoms with Crippen LogP contribution in [0, 0.1) is 0 Å². The molecule has 1 aromatic carbocycles. The lowest BCUT2D eigenvalue weighted by atomic mass is 9.95. The fourth-order valence-corrected chi connectivity index (χ4v) is 4.34. The van der Waals surface area contributed by atoms with Crippen LogP contribution in [0.25, 0.3) is 0 Å². The van der Waals surface area contributed by atoms with E-state index >= 15 is 0 Å². The number of rotatable bonds is 4. The molecule has 1 unspecified atom stereocenters. The molecule has 1 aliphatic heterocycles. The fraction of sp³-hybridized carbons (Fsp3) is 0.571. The highest BCUT2D eigenvalue weighted by atomic mass is 35.5. The van der Waals surface area contributed by atoms with Crippen LogP contribution in [-0.4, -0.2) is 26.7 Å². The highest BCUT2D eigenvalue weighted by Gasteiger charge is 2.32. The summed E-state index contributed by atoms with van der Waals surface area (Å²) in [5, 5.41) is 0.191. The van der Waals surface area contributed by atoms with Crippen molar-refractivity contribution < 1.29 is 13.2 Å². The van der Waals surface area contributed by atoms with Gasteiger partial charge in [0.1, 0.15) is 4.90 Å². The maximum atomic E-state index is 12.5. The first-order valence-electron chi connectivity index (χ1n) is 6.88. The molecule has 0 aromatic heterocycles. The van der Waals surface area contributed by atoms with E-state index in [4.69, 9.17) is 22.1 Å². The second-order valence-corrected chi connectivity index (χ2v) is 7.98. The lowest BCUT2D eigenvalue weighted by Gasteiger charge is -2.35. The van der Waals surface area contributed by atoms with Crippen LogP contribution in [0.15, 0.2) is 23.1 Å². The van der Waals surface area contributed by atoms with Crippen LogP contribution < -0.4 is 10.5 Å². The standard InChI is InChI=1S/C14H21ClN2O3S/c1-14(2)8-11(5-6-20-14)17-21(18,19)13-4-3-10(9-16)7-12(13)15/h3-4,7,11,17H,5-6,8-9,16H2,1-2H3. The minimum absolute atomic E-state index is 0.0886. The molecule has 0 saturated carbocycles. The smallest absolute Gasteiger partial charge is 0.242 e. The SMILES string of the molecule is CC1(C)CC(NS(=O)(=O)c2ccc(CN)cc2Cl)CCO1. The number of ether oxygens (including phenoxy) is 1. The Morgan fingerprint density at radius 3 is 2.76 bits per heavy atom. The topological polar surface area (TPSA) is 81.4 Å². The molecule has 3 N–H and O–H groups in total. The van der Waals surface area contributed by atoms with Crippen molar-refractivity contribution in [2.45, 2.75) is 49.8 Å². The van der Waals surface area contributed by atoms with Gasteiger partial charge in [-0.05, 0) is 44.4 Å². The van der Waals surface area contributed by atoms with E-state index in [1.54, 1.807) is 12.1 Å². The van der Waals surface area contributed by atoms with Gasteiger partial charge in [-0.2, -0.15) is 0 Å². The van der Waals surface area contributed by atoms with Gasteiger partial charge in [0.05, 0.1) is 10.6 Å². The first-order chi connectivity index (χ1) is 9.73. The Hall–Kier alpha value is -0.660. The lowest BCUT2D eigenvalue weighted by molar-refractivity contribution is -0.0599. The number of nitrogens with one attached hydrogen (secondary N) is 1. The number of halogens is 1. The van der Waals surface area contributed by atoms with Gasteiger partial charge < -0.3 is 10.5 Å². The lowest BCUT2D eigenvalue weighted by Crippen LogP contribution is -2.45. The summed E-state index contributed by atoms with van der Waals surface area (Å²) in [5.74, 6) is 0. The fourth-order valence-electron chi connectivity index (χ4n) is 2.50. The van der Waals surface area contributed by atoms with E-state index in [1.807, 2.05) is 13.8 Å². The van der Waals surface area contributed by atoms with Gasteiger partial charge >= 0.3 is 0 Å². The maximum absolute atomic E-state index is 12.5. The van der Waals surface area contributed by atoms with Crippen LogP contribution in [0.4, 0.5) is 0 Å². The summed E-state index contributed by atoms with van der Waals surface area (Å²) >= 11 is 6.07. The summed E-state index contributed by atoms with van der Waals surface area (Å²) in [6.07, 6.45) is 1.28. The molecule has 0 aliphatic carbocycles. The van der Waals surface area contributed by atoms with Crippen LogP contribution in [-0.2, 0) is 21.3 Å². The van der Waals surface area contributed by atoms with Crippen molar-refractivity contribution in [1.29, 1.82) is 0 Å². The predicted octanol–water partition coefficient (Wildman–Crippen LogP) is 2.03. The number of hydrogen-bond acceptors (Lipinski definition) is 4. The normalized spacial score (nSPS) is 22.2. The molecule has 0 bridgehead atoms. The minimum atomic E-state index is -3.64. The third-order valence-corrected chi connectivity index (χ3v) is 5.54. The predicted molar refractivity (Wildman–Crippen MR) is 82.7 cm³/mol. The van der Waals surface area contributed by atoms with Crippen LogP contribution in [0.1, 0.15) is 32.3 Å². The molecular formula is C14H21ClN2O3S. The minimum Gasteiger partial charge on any atom is -0.375 e. The van der Waals surface area contributed by atoms with Crippen molar-refractivity contribution in [2.75, 3.05) is 6.61 Å². The van der Waals surface area contributed by atoms with Crippen LogP contribution in [0.5, 0.6) is 0 Å². The van der Waals surface area contributed by atoms with Crippen molar-refractivity contribution in [1.82, 2.24) is 4.72 Å². The molecule has 2 rings (SSSR count). The Balaban J connectivity index is 2.19. The van der Waals surface area contributed by atoms with Crippen molar-refractivity contribution >= 4 is 21.6 Å². The first kappa shape index (κ1) is 16.7. The highest BCUT2D eigenvalue weighted by molar-refractivity contribution is 7.89. The second kappa shape index (κ2) is 6.22. The summed E-state index contributed by atoms with van der Waals surface area (Å²) in [6, 6.07) is 4.61. The molecule has 1 heterocycles. The third kappa shape index (κ3) is 4.17. The molecule has 0 spiro atoms. The molecule has 1 saturated heterocycles. The zero-order valence-corrected chi connectivity index (χ0v) is 13.8. The summed E-state index contributed by atoms with van der Waals surface area (Å²) in [7, 11) is -3.64. The van der Waals surface area contributed by atoms with Gasteiger partial charge in [-0.3, -0.25) is 0 Å². The molecule has 0 radical (unpaired) electrons. The zero-order chi connectivity index (χ0) is 15.7. The quantitative estimate of drug-likeness (QED) is 0.884. The Morgan fingerprint density at radius 2 is 2.19 bits per heavy atom. The number of sulfonamides is 1. The van der Waals surface area contributed by atoms with Crippen LogP contribution in [0.2, 0.25) is 5.02 Å². The molecule has 7 heteroatoms. The summed E-state index contributed by atoms with van der Waals surface area (Å²) in [6.45, 7) is 4.77. The molecule has 21 heavy (non-hydrogen) atoms. The van der Waals surface area contributed by atoms with Gasteiger partial charge in [0.25, 0.3) is 0 Å². The molecule has 118 valence electrons. The van der Waals surface area contributed by atoms with E-state index in [2.05, 4.69) is 4.72 Å². The second-order valence-electron chi connectivity index (χ2n) is 5.89. The molecule has 1 fully saturated rings. The molecule has 5 nitrogen and oxygen atoms in total. The van der Waals surface area contributed by atoms with Crippen LogP contribution in [0.3, 0.4) is 0 Å². The summed E-state index contributed by atoms with van der Waals surface area (Å²) in [5.41, 5.74) is 6.00. The third-order valence-electron chi connectivity index (χ3n) is 3.54. The maximum Gasteiger partial charge on any atom is 0.242 e. The van der Waals surface area contributed by atoms with Gasteiger partial charge in [-0.15, -0.1) is 0 Å². The van der Waals surface area contributed by atoms with Crippen molar-refractivity contribution in [3.8, 4) is 0 Å². The van der Waals surface area contributed by atoms with Crippen molar-refractivity contribution in [3.05, 3.63) is 28.8 Å². The van der Waals surface area contributed by atoms with E-state index in [0.717, 1.165) is 5.56 Å². The van der Waals surface area contributed by atoms with Crippen LogP contribution >= 0.6 is 11.6 Å². The van der Waals surface area contributed by atoms with Gasteiger partial charge in [-0.25, -0.2) is 13.1 Å². The van der Waals surface area contributed by atoms with E-state index in [-0.39, 0.29) is 21.6 Å². The Kier molecular flexibility index (Phi) is 4.95. The zero-order valence-electron chi connectivity index (χ0n) is 12.2. The van der Waals surface area contributed by atoms with E-state index in [1.165, 1.54) is 6.07 Å². The highest BCUT2D eigenvalue weighted by Crippen LogP contribution is 2.27. The summed E-state index contributed by atoms with van der Waals surface area (Å²) in [4.78, 5) is 0.0886. The first-order valence-corrected chi connectivity index (χ1v) is 8.74. The number of nitrogens with two attached hydrogens (primary N) is 1. The molecule has 0 amide bonds. The Bertz CT molecular complexity index is 617. The summed E-state index contributed by atoms with van der Waals surface area (Å²) < 4.78 is 33.2. The van der Waals surface area contributed by atoms with Gasteiger partial charge in [-0.1, -0.05) is 17.7 Å². The Morgan fingerprint density at radius 1 is 1.48 bits per heavy atom. The van der Waals surface area contributed by atoms with Gasteiger partial charge in [0, 0.05) is 19.2 Å². The van der Waals surface area contributed by atoms with Crippen molar-refractivity contribution in [2.24, 2.45) is 5.73 Å². The van der Waals surface area contributed by atoms with Gasteiger partial charge in [0.15, 0.2) is 0 Å². The average Bonchev–Trinajstić information content (AvgIpc) is 2.36. The van der Waals surface area contributed by atoms with E-state index in [0.29, 0.717) is 26.0 Å². The van der Waals surface area contributed by atoms with Crippen molar-refractivity contribution in [3.63, 3.8) is 0 Å². The number of benzene rings is 1. The molecular weight excluding hydrogens is 312 g/mol. The number of hydrogen-bond donors (Lipinski definition) is 2. The largest absolute Gasteiger partial charge is 0.375 e. The van der Waals surface area contributed by atoms with E-state index in [9.17, 15) is 8.42 Å². The molecule has 1 aromatic rings. The molecule has 1 atom stereocenters.